The second-order valence-electron chi connectivity index (χ2n) is 0.955. The minimum atomic E-state index is 0.322. The second kappa shape index (κ2) is 2.45. The zero-order valence-electron chi connectivity index (χ0n) is 3.26. The summed E-state index contributed by atoms with van der Waals surface area (Å²) < 4.78 is 4.47. The second-order valence-corrected chi connectivity index (χ2v) is 3.11. The van der Waals surface area contributed by atoms with E-state index in [1.807, 2.05) is 0 Å². The average molecular weight is 190 g/mol. The summed E-state index contributed by atoms with van der Waals surface area (Å²) in [5.74, 6) is 2.10. The first-order chi connectivity index (χ1) is 3.00. The Kier molecular flexibility index (Phi) is 1.81. The van der Waals surface area contributed by atoms with Crippen LogP contribution in [0.15, 0.2) is 22.2 Å². The van der Waals surface area contributed by atoms with Crippen molar-refractivity contribution in [1.29, 1.82) is 0 Å². The van der Waals surface area contributed by atoms with Crippen LogP contribution < -0.4 is 0 Å². The van der Waals surface area contributed by atoms with Gasteiger partial charge in [0.25, 0.3) is 0 Å². The maximum atomic E-state index is 2.24. The van der Waals surface area contributed by atoms with Gasteiger partial charge < -0.3 is 0 Å². The Hall–Kier alpha value is 0.275. The van der Waals surface area contributed by atoms with Gasteiger partial charge in [-0.05, 0) is 0 Å². The predicted octanol–water partition coefficient (Wildman–Crippen LogP) is 1.62. The molecule has 0 unspecified atom stereocenters. The van der Waals surface area contributed by atoms with E-state index in [2.05, 4.69) is 26.9 Å². The van der Waals surface area contributed by atoms with Gasteiger partial charge in [-0.25, -0.2) is 0 Å². The molecule has 0 saturated carbocycles. The molecule has 0 aromatic rings. The quantitative estimate of drug-likeness (QED) is 0.402. The van der Waals surface area contributed by atoms with E-state index in [0.717, 1.165) is 0 Å². The van der Waals surface area contributed by atoms with Crippen molar-refractivity contribution in [3.63, 3.8) is 0 Å². The fraction of sp³-hybridized carbons (Fsp3) is 0. The van der Waals surface area contributed by atoms with Crippen LogP contribution in [-0.4, -0.2) is 4.70 Å². The standard InChI is InChI=1S/C4H4BI/c1-2-4-6-5-3-1/h1-4H. The van der Waals surface area contributed by atoms with Crippen LogP contribution in [0.1, 0.15) is 0 Å². The van der Waals surface area contributed by atoms with Crippen LogP contribution in [0.25, 0.3) is 0 Å². The van der Waals surface area contributed by atoms with E-state index in [1.165, 1.54) is 0 Å². The Balaban J connectivity index is 2.77. The van der Waals surface area contributed by atoms with Gasteiger partial charge in [-0.2, -0.15) is 0 Å². The molecule has 6 heavy (non-hydrogen) atoms. The van der Waals surface area contributed by atoms with Gasteiger partial charge in [-0.15, -0.1) is 0 Å². The molecule has 0 amide bonds. The molecule has 0 spiro atoms. The van der Waals surface area contributed by atoms with Gasteiger partial charge in [0.15, 0.2) is 0 Å². The zero-order chi connectivity index (χ0) is 4.24. The van der Waals surface area contributed by atoms with E-state index in [1.54, 1.807) is 0 Å². The van der Waals surface area contributed by atoms with Crippen LogP contribution in [0.5, 0.6) is 0 Å². The van der Waals surface area contributed by atoms with Crippen molar-refractivity contribution in [3.05, 3.63) is 22.2 Å². The normalized spacial score (nSPS) is 16.0. The number of halogens is 1. The molecule has 1 rings (SSSR count). The summed E-state index contributed by atoms with van der Waals surface area (Å²) >= 11 is 0.322. The number of allylic oxidation sites excluding steroid dienone is 2. The van der Waals surface area contributed by atoms with E-state index in [9.17, 15) is 0 Å². The molecule has 0 fully saturated rings. The molecule has 2 heteroatoms. The molecule has 30 valence electrons. The summed E-state index contributed by atoms with van der Waals surface area (Å²) in [6, 6.07) is 0. The van der Waals surface area contributed by atoms with Crippen LogP contribution in [0.2, 0.25) is 0 Å². The van der Waals surface area contributed by atoms with Crippen molar-refractivity contribution in [3.8, 4) is 0 Å². The Morgan fingerprint density at radius 3 is 2.50 bits per heavy atom. The van der Waals surface area contributed by atoms with E-state index in [-0.39, 0.29) is 0 Å². The Bertz CT molecular complexity index is 76.9. The van der Waals surface area contributed by atoms with Crippen molar-refractivity contribution < 1.29 is 0 Å². The number of hydrogen-bond acceptors (Lipinski definition) is 0. The molecule has 0 aromatic carbocycles. The van der Waals surface area contributed by atoms with E-state index in [4.69, 9.17) is 0 Å². The Labute approximate surface area is 47.6 Å². The summed E-state index contributed by atoms with van der Waals surface area (Å²) in [6.45, 7) is 0. The van der Waals surface area contributed by atoms with Crippen LogP contribution in [-0.2, 0) is 0 Å². The summed E-state index contributed by atoms with van der Waals surface area (Å²) in [5.41, 5.74) is 0. The molecular weight excluding hydrogens is 186 g/mol. The predicted molar refractivity (Wildman–Crippen MR) is 38.1 cm³/mol. The van der Waals surface area contributed by atoms with E-state index < -0.39 is 0 Å². The maximum absolute atomic E-state index is 2.24. The van der Waals surface area contributed by atoms with Crippen LogP contribution in [0.4, 0.5) is 0 Å². The molecule has 0 aromatic heterocycles. The molecule has 1 aliphatic rings. The molecule has 0 bridgehead atoms. The first kappa shape index (κ1) is 4.43. The third-order valence-electron chi connectivity index (χ3n) is 0.513. The number of hydrogen-bond donors (Lipinski definition) is 0. The SMILES string of the molecule is B1=IC=CC=C1. The minimum absolute atomic E-state index is 0.322. The fourth-order valence-corrected chi connectivity index (χ4v) is 1.47. The van der Waals surface area contributed by atoms with Crippen LogP contribution in [0.3, 0.4) is 0 Å². The third kappa shape index (κ3) is 1.16. The van der Waals surface area contributed by atoms with E-state index >= 15 is 0 Å². The van der Waals surface area contributed by atoms with Crippen molar-refractivity contribution in [2.75, 3.05) is 0 Å². The van der Waals surface area contributed by atoms with Gasteiger partial charge in [0.1, 0.15) is 0 Å². The van der Waals surface area contributed by atoms with Gasteiger partial charge in [-0.3, -0.25) is 0 Å². The van der Waals surface area contributed by atoms with Gasteiger partial charge in [0, 0.05) is 0 Å². The molecule has 1 aliphatic heterocycles. The molecule has 1 heterocycles. The van der Waals surface area contributed by atoms with Crippen molar-refractivity contribution in [1.82, 2.24) is 0 Å². The third-order valence-corrected chi connectivity index (χ3v) is 2.17. The molecule has 0 aliphatic carbocycles. The van der Waals surface area contributed by atoms with Crippen LogP contribution in [0, 0.1) is 0 Å². The van der Waals surface area contributed by atoms with E-state index in [0.29, 0.717) is 20.5 Å². The van der Waals surface area contributed by atoms with Crippen LogP contribution >= 0.6 is 20.5 Å². The molecule has 0 radical (unpaired) electrons. The van der Waals surface area contributed by atoms with Crippen molar-refractivity contribution in [2.24, 2.45) is 0 Å². The van der Waals surface area contributed by atoms with Gasteiger partial charge in [0.05, 0.1) is 0 Å². The van der Waals surface area contributed by atoms with Gasteiger partial charge in [0.2, 0.25) is 0 Å². The van der Waals surface area contributed by atoms with Gasteiger partial charge in [-0.1, -0.05) is 0 Å². The summed E-state index contributed by atoms with van der Waals surface area (Å²) in [7, 11) is 0. The first-order valence-electron chi connectivity index (χ1n) is 1.77. The van der Waals surface area contributed by atoms with Crippen molar-refractivity contribution in [2.45, 2.75) is 0 Å². The molecule has 0 atom stereocenters. The summed E-state index contributed by atoms with van der Waals surface area (Å²) in [4.78, 5) is 0. The number of rotatable bonds is 0. The van der Waals surface area contributed by atoms with Gasteiger partial charge >= 0.3 is 47.4 Å². The van der Waals surface area contributed by atoms with Crippen molar-refractivity contribution >= 4 is 25.2 Å². The molecular formula is C4H4BI. The molecule has 0 nitrogen and oxygen atoms in total. The molecule has 0 saturated heterocycles. The summed E-state index contributed by atoms with van der Waals surface area (Å²) in [6.07, 6.45) is 4.16. The summed E-state index contributed by atoms with van der Waals surface area (Å²) in [5, 5.41) is 0. The average Bonchev–Trinajstić information content (AvgIpc) is 1.72. The fourth-order valence-electron chi connectivity index (χ4n) is 0.274. The first-order valence-corrected chi connectivity index (χ1v) is 4.26. The molecule has 0 N–H and O–H groups in total. The Morgan fingerprint density at radius 2 is 2.33 bits per heavy atom. The monoisotopic (exact) mass is 190 g/mol. The topological polar surface area (TPSA) is 0 Å². The Morgan fingerprint density at radius 1 is 1.33 bits per heavy atom. The zero-order valence-corrected chi connectivity index (χ0v) is 5.42.